The summed E-state index contributed by atoms with van der Waals surface area (Å²) in [6.07, 6.45) is 3.18. The van der Waals surface area contributed by atoms with Gasteiger partial charge in [0.2, 0.25) is 5.91 Å². The Kier molecular flexibility index (Phi) is 4.27. The molecule has 2 rings (SSSR count). The summed E-state index contributed by atoms with van der Waals surface area (Å²) in [7, 11) is 0. The third-order valence-electron chi connectivity index (χ3n) is 3.98. The van der Waals surface area contributed by atoms with Crippen LogP contribution in [0.15, 0.2) is 24.3 Å². The number of benzene rings is 1. The maximum absolute atomic E-state index is 11.8. The molecule has 0 bridgehead atoms. The molecule has 0 heterocycles. The van der Waals surface area contributed by atoms with E-state index >= 15 is 0 Å². The molecule has 1 aliphatic rings. The first-order valence-corrected chi connectivity index (χ1v) is 6.86. The second kappa shape index (κ2) is 5.94. The fourth-order valence-corrected chi connectivity index (χ4v) is 2.43. The molecule has 4 N–H and O–H groups in total. The van der Waals surface area contributed by atoms with Gasteiger partial charge >= 0.3 is 5.97 Å². The molecule has 0 aliphatic heterocycles. The van der Waals surface area contributed by atoms with E-state index in [1.165, 1.54) is 0 Å². The van der Waals surface area contributed by atoms with E-state index in [9.17, 15) is 9.59 Å². The number of carboxylic acids is 1. The van der Waals surface area contributed by atoms with Crippen LogP contribution in [-0.4, -0.2) is 23.5 Å². The highest BCUT2D eigenvalue weighted by Crippen LogP contribution is 2.40. The van der Waals surface area contributed by atoms with Crippen LogP contribution < -0.4 is 11.1 Å². The fraction of sp³-hybridized carbons (Fsp3) is 0.467. The molecule has 5 heteroatoms. The smallest absolute Gasteiger partial charge is 0.311 e. The van der Waals surface area contributed by atoms with Crippen molar-refractivity contribution < 1.29 is 14.7 Å². The number of rotatable bonds is 6. The highest BCUT2D eigenvalue weighted by Gasteiger charge is 2.44. The number of carboxylic acid groups (broad SMARTS) is 1. The Bertz CT molecular complexity index is 510. The van der Waals surface area contributed by atoms with Crippen LogP contribution in [0.3, 0.4) is 0 Å². The molecule has 20 heavy (non-hydrogen) atoms. The Morgan fingerprint density at radius 3 is 2.65 bits per heavy atom. The molecule has 0 aromatic heterocycles. The summed E-state index contributed by atoms with van der Waals surface area (Å²) in [4.78, 5) is 22.9. The summed E-state index contributed by atoms with van der Waals surface area (Å²) < 4.78 is 0. The summed E-state index contributed by atoms with van der Waals surface area (Å²) in [6, 6.07) is 7.43. The predicted molar refractivity (Wildman–Crippen MR) is 76.1 cm³/mol. The number of aliphatic carboxylic acids is 1. The van der Waals surface area contributed by atoms with Crippen molar-refractivity contribution in [3.63, 3.8) is 0 Å². The number of anilines is 1. The first-order chi connectivity index (χ1) is 9.52. The molecule has 1 aromatic carbocycles. The van der Waals surface area contributed by atoms with E-state index in [4.69, 9.17) is 10.8 Å². The van der Waals surface area contributed by atoms with Crippen LogP contribution in [-0.2, 0) is 16.0 Å². The van der Waals surface area contributed by atoms with Gasteiger partial charge in [0.05, 0.1) is 5.41 Å². The van der Waals surface area contributed by atoms with Gasteiger partial charge in [0.25, 0.3) is 0 Å². The van der Waals surface area contributed by atoms with E-state index in [0.717, 1.165) is 12.0 Å². The van der Waals surface area contributed by atoms with Gasteiger partial charge in [-0.05, 0) is 37.0 Å². The summed E-state index contributed by atoms with van der Waals surface area (Å²) in [5.41, 5.74) is 6.64. The van der Waals surface area contributed by atoms with Gasteiger partial charge in [-0.1, -0.05) is 18.6 Å². The Morgan fingerprint density at radius 2 is 2.10 bits per heavy atom. The minimum atomic E-state index is -0.806. The summed E-state index contributed by atoms with van der Waals surface area (Å²) in [5, 5.41) is 11.9. The maximum Gasteiger partial charge on any atom is 0.311 e. The molecule has 1 fully saturated rings. The Labute approximate surface area is 118 Å². The van der Waals surface area contributed by atoms with Gasteiger partial charge in [-0.15, -0.1) is 0 Å². The van der Waals surface area contributed by atoms with Crippen LogP contribution in [0.25, 0.3) is 0 Å². The minimum Gasteiger partial charge on any atom is -0.481 e. The number of nitrogens with one attached hydrogen (secondary N) is 1. The first-order valence-electron chi connectivity index (χ1n) is 6.86. The van der Waals surface area contributed by atoms with Crippen LogP contribution in [0.1, 0.15) is 31.2 Å². The van der Waals surface area contributed by atoms with Gasteiger partial charge in [0.1, 0.15) is 0 Å². The molecular formula is C15H20N2O3. The number of carbonyl (C=O) groups excluding carboxylic acids is 1. The van der Waals surface area contributed by atoms with Crippen molar-refractivity contribution in [3.05, 3.63) is 29.8 Å². The van der Waals surface area contributed by atoms with Crippen molar-refractivity contribution >= 4 is 17.6 Å². The van der Waals surface area contributed by atoms with Crippen molar-refractivity contribution in [3.8, 4) is 0 Å². The fourth-order valence-electron chi connectivity index (χ4n) is 2.43. The number of aryl methyl sites for hydroxylation is 1. The highest BCUT2D eigenvalue weighted by molar-refractivity contribution is 5.79. The van der Waals surface area contributed by atoms with Gasteiger partial charge in [0.15, 0.2) is 0 Å². The van der Waals surface area contributed by atoms with E-state index in [1.54, 1.807) is 6.07 Å². The van der Waals surface area contributed by atoms with Crippen molar-refractivity contribution in [1.82, 2.24) is 5.32 Å². The van der Waals surface area contributed by atoms with Gasteiger partial charge in [0, 0.05) is 18.7 Å². The van der Waals surface area contributed by atoms with E-state index < -0.39 is 11.4 Å². The zero-order valence-corrected chi connectivity index (χ0v) is 11.4. The van der Waals surface area contributed by atoms with Crippen molar-refractivity contribution in [1.29, 1.82) is 0 Å². The predicted octanol–water partition coefficient (Wildman–Crippen LogP) is 1.57. The molecule has 108 valence electrons. The lowest BCUT2D eigenvalue weighted by Crippen LogP contribution is -2.47. The minimum absolute atomic E-state index is 0.111. The molecule has 0 saturated heterocycles. The molecule has 1 aromatic rings. The van der Waals surface area contributed by atoms with Crippen molar-refractivity contribution in [2.24, 2.45) is 5.41 Å². The van der Waals surface area contributed by atoms with Crippen LogP contribution in [0, 0.1) is 5.41 Å². The maximum atomic E-state index is 11.8. The van der Waals surface area contributed by atoms with Gasteiger partial charge < -0.3 is 16.2 Å². The number of nitrogens with two attached hydrogens (primary N) is 1. The number of hydrogen-bond donors (Lipinski definition) is 3. The molecule has 1 aliphatic carbocycles. The normalized spacial score (nSPS) is 16.2. The topological polar surface area (TPSA) is 92.4 Å². The lowest BCUT2D eigenvalue weighted by molar-refractivity contribution is -0.154. The van der Waals surface area contributed by atoms with Crippen molar-refractivity contribution in [2.45, 2.75) is 32.1 Å². The Balaban J connectivity index is 1.77. The zero-order chi connectivity index (χ0) is 14.6. The highest BCUT2D eigenvalue weighted by atomic mass is 16.4. The van der Waals surface area contributed by atoms with Gasteiger partial charge in [-0.25, -0.2) is 0 Å². The molecule has 0 radical (unpaired) electrons. The molecule has 1 amide bonds. The molecule has 0 spiro atoms. The monoisotopic (exact) mass is 276 g/mol. The number of hydrogen-bond acceptors (Lipinski definition) is 3. The third-order valence-corrected chi connectivity index (χ3v) is 3.98. The number of carbonyl (C=O) groups is 2. The summed E-state index contributed by atoms with van der Waals surface area (Å²) in [6.45, 7) is 0.234. The van der Waals surface area contributed by atoms with Crippen molar-refractivity contribution in [2.75, 3.05) is 12.3 Å². The van der Waals surface area contributed by atoms with Crippen LogP contribution >= 0.6 is 0 Å². The molecule has 5 nitrogen and oxygen atoms in total. The molecule has 0 unspecified atom stereocenters. The number of nitrogen functional groups attached to an aromatic ring is 1. The summed E-state index contributed by atoms with van der Waals surface area (Å²) >= 11 is 0. The quantitative estimate of drug-likeness (QED) is 0.688. The Morgan fingerprint density at radius 1 is 1.35 bits per heavy atom. The van der Waals surface area contributed by atoms with Crippen LogP contribution in [0.4, 0.5) is 5.69 Å². The molecule has 0 atom stereocenters. The lowest BCUT2D eigenvalue weighted by Gasteiger charge is -2.37. The Hall–Kier alpha value is -2.04. The molecular weight excluding hydrogens is 256 g/mol. The first kappa shape index (κ1) is 14.4. The second-order valence-electron chi connectivity index (χ2n) is 5.46. The lowest BCUT2D eigenvalue weighted by atomic mass is 9.69. The van der Waals surface area contributed by atoms with Crippen LogP contribution in [0.5, 0.6) is 0 Å². The van der Waals surface area contributed by atoms with E-state index in [-0.39, 0.29) is 12.5 Å². The standard InChI is InChI=1S/C15H20N2O3/c16-12-4-1-3-11(9-12)5-6-13(18)17-10-15(14(19)20)7-2-8-15/h1,3-4,9H,2,5-8,10,16H2,(H,17,18)(H,19,20). The average Bonchev–Trinajstić information content (AvgIpc) is 2.34. The second-order valence-corrected chi connectivity index (χ2v) is 5.46. The van der Waals surface area contributed by atoms with Gasteiger partial charge in [-0.2, -0.15) is 0 Å². The van der Waals surface area contributed by atoms with Crippen LogP contribution in [0.2, 0.25) is 0 Å². The molecule has 1 saturated carbocycles. The summed E-state index contributed by atoms with van der Waals surface area (Å²) in [5.74, 6) is -0.917. The van der Waals surface area contributed by atoms with Gasteiger partial charge in [-0.3, -0.25) is 9.59 Å². The average molecular weight is 276 g/mol. The number of amides is 1. The zero-order valence-electron chi connectivity index (χ0n) is 11.4. The van der Waals surface area contributed by atoms with E-state index in [1.807, 2.05) is 18.2 Å². The van der Waals surface area contributed by atoms with E-state index in [0.29, 0.717) is 31.4 Å². The largest absolute Gasteiger partial charge is 0.481 e. The van der Waals surface area contributed by atoms with E-state index in [2.05, 4.69) is 5.32 Å². The SMILES string of the molecule is Nc1cccc(CCC(=O)NCC2(C(=O)O)CCC2)c1. The third kappa shape index (κ3) is 3.29.